The van der Waals surface area contributed by atoms with Gasteiger partial charge in [0, 0.05) is 22.9 Å². The van der Waals surface area contributed by atoms with Gasteiger partial charge in [0.25, 0.3) is 5.91 Å². The number of fused-ring (bicyclic) bond motifs is 2. The Kier molecular flexibility index (Phi) is 9.53. The highest BCUT2D eigenvalue weighted by atomic mass is 35.5. The first-order valence-electron chi connectivity index (χ1n) is 16.9. The molecule has 0 radical (unpaired) electrons. The van der Waals surface area contributed by atoms with E-state index in [1.807, 2.05) is 24.3 Å². The highest BCUT2D eigenvalue weighted by molar-refractivity contribution is 7.91. The van der Waals surface area contributed by atoms with Crippen LogP contribution >= 0.6 is 11.6 Å². The van der Waals surface area contributed by atoms with Crippen molar-refractivity contribution in [2.45, 2.75) is 113 Å². The van der Waals surface area contributed by atoms with Crippen molar-refractivity contribution < 1.29 is 37.2 Å². The van der Waals surface area contributed by atoms with Crippen molar-refractivity contribution in [3.05, 3.63) is 53.1 Å². The van der Waals surface area contributed by atoms with Crippen molar-refractivity contribution >= 4 is 51.1 Å². The van der Waals surface area contributed by atoms with Crippen molar-refractivity contribution in [3.8, 4) is 0 Å². The van der Waals surface area contributed by atoms with Crippen LogP contribution in [-0.2, 0) is 34.0 Å². The number of carbonyl (C=O) groups is 4. The second kappa shape index (κ2) is 13.3. The van der Waals surface area contributed by atoms with E-state index in [4.69, 9.17) is 21.2 Å². The molecule has 1 saturated heterocycles. The molecule has 4 N–H and O–H groups in total. The Hall–Kier alpha value is -3.62. The van der Waals surface area contributed by atoms with E-state index >= 15 is 0 Å². The Morgan fingerprint density at radius 1 is 1.10 bits per heavy atom. The average molecular weight is 718 g/mol. The Morgan fingerprint density at radius 2 is 1.88 bits per heavy atom. The average Bonchev–Trinajstić information content (AvgIpc) is 3.92. The van der Waals surface area contributed by atoms with Crippen molar-refractivity contribution in [1.29, 1.82) is 0 Å². The molecule has 2 aliphatic carbocycles. The largest absolute Gasteiger partial charge is 0.444 e. The number of halogens is 1. The molecular formula is C34H44ClN5O8S. The van der Waals surface area contributed by atoms with Crippen LogP contribution in [0.15, 0.2) is 42.5 Å². The Morgan fingerprint density at radius 3 is 2.59 bits per heavy atom. The number of rotatable bonds is 5. The van der Waals surface area contributed by atoms with Gasteiger partial charge in [-0.2, -0.15) is 0 Å². The standard InChI is InChI=1S/C34H44ClN5O8S/c1-32(2,3)47-31(44)36-25-13-8-6-4-5-7-11-22-17-34(22,30(43)39-49(45,46)24-14-15-24)37-28(41)27-19-33(20-40(27)29(25)42)18-26(38-48-33)21-10-9-12-23(35)16-21/h7,9-12,16,18,22,24-25,27,38H,4-6,8,13-15,17,19-20H2,1-3H3,(H,36,44)(H,37,41)(H,39,43)/t22-,25+,27+,33-,34-/m1/s1. The lowest BCUT2D eigenvalue weighted by molar-refractivity contribution is -0.141. The quantitative estimate of drug-likeness (QED) is 0.333. The van der Waals surface area contributed by atoms with Crippen molar-refractivity contribution in [2.75, 3.05) is 6.54 Å². The van der Waals surface area contributed by atoms with Crippen molar-refractivity contribution in [2.24, 2.45) is 5.92 Å². The molecule has 6 rings (SSSR count). The highest BCUT2D eigenvalue weighted by Gasteiger charge is 2.63. The van der Waals surface area contributed by atoms with Crippen LogP contribution in [0.1, 0.15) is 84.1 Å². The lowest BCUT2D eigenvalue weighted by Gasteiger charge is -2.30. The van der Waals surface area contributed by atoms with Gasteiger partial charge in [-0.25, -0.2) is 13.2 Å². The molecule has 5 atom stereocenters. The second-order valence-corrected chi connectivity index (χ2v) is 17.1. The summed E-state index contributed by atoms with van der Waals surface area (Å²) in [6.07, 6.45) is 9.26. The smallest absolute Gasteiger partial charge is 0.408 e. The molecule has 1 aromatic carbocycles. The molecule has 1 aromatic rings. The number of nitrogens with zero attached hydrogens (tertiary/aromatic N) is 1. The van der Waals surface area contributed by atoms with Crippen LogP contribution in [0.4, 0.5) is 4.79 Å². The molecule has 15 heteroatoms. The first-order chi connectivity index (χ1) is 23.1. The van der Waals surface area contributed by atoms with Crippen LogP contribution in [0.3, 0.4) is 0 Å². The molecule has 4 amide bonds. The molecule has 1 spiro atoms. The van der Waals surface area contributed by atoms with Crippen LogP contribution in [0.2, 0.25) is 5.02 Å². The van der Waals surface area contributed by atoms with Gasteiger partial charge in [0.15, 0.2) is 0 Å². The molecule has 3 heterocycles. The third-order valence-corrected chi connectivity index (χ3v) is 11.6. The first kappa shape index (κ1) is 35.2. The zero-order valence-corrected chi connectivity index (χ0v) is 29.5. The van der Waals surface area contributed by atoms with Gasteiger partial charge in [-0.05, 0) is 77.5 Å². The van der Waals surface area contributed by atoms with Gasteiger partial charge in [0.05, 0.1) is 17.5 Å². The summed E-state index contributed by atoms with van der Waals surface area (Å²) in [4.78, 5) is 62.8. The maximum atomic E-state index is 14.4. The summed E-state index contributed by atoms with van der Waals surface area (Å²) >= 11 is 6.23. The number of ether oxygens (including phenoxy) is 1. The van der Waals surface area contributed by atoms with Gasteiger partial charge in [-0.3, -0.25) is 29.4 Å². The van der Waals surface area contributed by atoms with Gasteiger partial charge in [-0.1, -0.05) is 48.7 Å². The minimum absolute atomic E-state index is 0.0272. The van der Waals surface area contributed by atoms with E-state index in [1.54, 1.807) is 39.0 Å². The summed E-state index contributed by atoms with van der Waals surface area (Å²) in [5.41, 5.74) is 0.852. The van der Waals surface area contributed by atoms with E-state index in [1.165, 1.54) is 4.90 Å². The number of carbonyl (C=O) groups excluding carboxylic acids is 4. The second-order valence-electron chi connectivity index (χ2n) is 14.7. The maximum absolute atomic E-state index is 14.4. The molecule has 0 unspecified atom stereocenters. The summed E-state index contributed by atoms with van der Waals surface area (Å²) in [5, 5.41) is 5.50. The highest BCUT2D eigenvalue weighted by Crippen LogP contribution is 2.47. The van der Waals surface area contributed by atoms with Crippen LogP contribution in [0, 0.1) is 5.92 Å². The van der Waals surface area contributed by atoms with E-state index in [0.29, 0.717) is 42.8 Å². The van der Waals surface area contributed by atoms with Crippen molar-refractivity contribution in [1.82, 2.24) is 25.7 Å². The van der Waals surface area contributed by atoms with E-state index in [9.17, 15) is 27.6 Å². The molecule has 49 heavy (non-hydrogen) atoms. The third kappa shape index (κ3) is 7.91. The summed E-state index contributed by atoms with van der Waals surface area (Å²) in [5.74, 6) is -2.33. The minimum atomic E-state index is -3.88. The molecule has 5 aliphatic rings. The molecule has 3 aliphatic heterocycles. The fourth-order valence-electron chi connectivity index (χ4n) is 6.74. The number of nitrogens with one attached hydrogen (secondary N) is 4. The summed E-state index contributed by atoms with van der Waals surface area (Å²) in [6.45, 7) is 5.14. The molecule has 3 fully saturated rings. The van der Waals surface area contributed by atoms with Gasteiger partial charge in [0.1, 0.15) is 28.8 Å². The molecule has 2 saturated carbocycles. The third-order valence-electron chi connectivity index (χ3n) is 9.53. The molecule has 13 nitrogen and oxygen atoms in total. The molecule has 0 aromatic heterocycles. The summed E-state index contributed by atoms with van der Waals surface area (Å²) in [6, 6.07) is 5.02. The van der Waals surface area contributed by atoms with E-state index in [2.05, 4.69) is 20.8 Å². The number of amides is 4. The SMILES string of the molecule is CC(C)(C)OC(=O)N[C@H]1CCCCCC=C[C@@H]2C[C@@]2(C(=O)NS(=O)(=O)C2CC2)NC(=O)[C@@H]2C[C@]3(C=C(c4cccc(Cl)c4)NO3)CN2C1=O. The minimum Gasteiger partial charge on any atom is -0.444 e. The number of allylic oxidation sites excluding steroid dienone is 1. The number of hydroxylamine groups is 1. The van der Waals surface area contributed by atoms with Gasteiger partial charge < -0.3 is 20.3 Å². The van der Waals surface area contributed by atoms with Gasteiger partial charge >= 0.3 is 6.09 Å². The number of hydrogen-bond acceptors (Lipinski definition) is 9. The normalized spacial score (nSPS) is 30.6. The number of sulfonamides is 1. The van der Waals surface area contributed by atoms with Gasteiger partial charge in [0.2, 0.25) is 21.8 Å². The Balaban J connectivity index is 1.33. The van der Waals surface area contributed by atoms with E-state index < -0.39 is 73.8 Å². The lowest BCUT2D eigenvalue weighted by atomic mass is 9.97. The topological polar surface area (TPSA) is 172 Å². The lowest BCUT2D eigenvalue weighted by Crippen LogP contribution is -2.58. The van der Waals surface area contributed by atoms with Crippen LogP contribution in [0.5, 0.6) is 0 Å². The summed E-state index contributed by atoms with van der Waals surface area (Å²) in [7, 11) is -3.88. The predicted octanol–water partition coefficient (Wildman–Crippen LogP) is 3.45. The fourth-order valence-corrected chi connectivity index (χ4v) is 8.30. The maximum Gasteiger partial charge on any atom is 0.408 e. The van der Waals surface area contributed by atoms with E-state index in [-0.39, 0.29) is 19.4 Å². The Bertz CT molecular complexity index is 1690. The van der Waals surface area contributed by atoms with E-state index in [0.717, 1.165) is 18.4 Å². The zero-order valence-electron chi connectivity index (χ0n) is 27.9. The molecule has 266 valence electrons. The number of benzene rings is 1. The van der Waals surface area contributed by atoms with Crippen LogP contribution < -0.4 is 20.8 Å². The molecule has 0 bridgehead atoms. The van der Waals surface area contributed by atoms with Crippen LogP contribution in [-0.4, -0.2) is 77.8 Å². The summed E-state index contributed by atoms with van der Waals surface area (Å²) < 4.78 is 33.2. The monoisotopic (exact) mass is 717 g/mol. The van der Waals surface area contributed by atoms with Crippen LogP contribution in [0.25, 0.3) is 5.70 Å². The zero-order chi connectivity index (χ0) is 35.2. The predicted molar refractivity (Wildman–Crippen MR) is 181 cm³/mol. The Labute approximate surface area is 291 Å². The number of hydrogen-bond donors (Lipinski definition) is 4. The first-order valence-corrected chi connectivity index (χ1v) is 18.8. The van der Waals surface area contributed by atoms with Crippen molar-refractivity contribution in [3.63, 3.8) is 0 Å². The molecular weight excluding hydrogens is 674 g/mol. The van der Waals surface area contributed by atoms with Gasteiger partial charge in [-0.15, -0.1) is 0 Å². The number of alkyl carbamates (subject to hydrolysis) is 1. The fraction of sp³-hybridized carbons (Fsp3) is 0.588.